The van der Waals surface area contributed by atoms with Crippen LogP contribution in [-0.2, 0) is 4.79 Å². The molecule has 1 N–H and O–H groups in total. The van der Waals surface area contributed by atoms with Crippen molar-refractivity contribution in [1.29, 1.82) is 0 Å². The third-order valence-corrected chi connectivity index (χ3v) is 6.72. The Morgan fingerprint density at radius 3 is 2.82 bits per heavy atom. The predicted octanol–water partition coefficient (Wildman–Crippen LogP) is 5.74. The largest absolute Gasteiger partial charge is 0.328 e. The molecule has 1 aromatic heterocycles. The third-order valence-electron chi connectivity index (χ3n) is 5.26. The number of fused-ring (bicyclic) bond motifs is 1. The number of ketones is 1. The van der Waals surface area contributed by atoms with Crippen molar-refractivity contribution >= 4 is 39.4 Å². The molecule has 0 saturated carbocycles. The lowest BCUT2D eigenvalue weighted by atomic mass is 9.85. The van der Waals surface area contributed by atoms with Gasteiger partial charge >= 0.3 is 0 Å². The first kappa shape index (κ1) is 19.7. The summed E-state index contributed by atoms with van der Waals surface area (Å²) < 4.78 is 2.93. The normalized spacial score (nSPS) is 18.6. The molecule has 0 spiro atoms. The molecular formula is C21H25BrN4OS. The number of nitrogens with one attached hydrogen (secondary N) is 1. The van der Waals surface area contributed by atoms with E-state index < -0.39 is 0 Å². The highest BCUT2D eigenvalue weighted by Gasteiger charge is 2.36. The highest BCUT2D eigenvalue weighted by molar-refractivity contribution is 9.10. The molecule has 0 radical (unpaired) electrons. The zero-order valence-electron chi connectivity index (χ0n) is 16.1. The van der Waals surface area contributed by atoms with E-state index in [0.29, 0.717) is 6.42 Å². The average Bonchev–Trinajstić information content (AvgIpc) is 3.09. The van der Waals surface area contributed by atoms with Gasteiger partial charge in [-0.3, -0.25) is 4.79 Å². The summed E-state index contributed by atoms with van der Waals surface area (Å²) in [6.07, 6.45) is 7.34. The molecule has 1 aliphatic heterocycles. The van der Waals surface area contributed by atoms with Crippen molar-refractivity contribution in [3.8, 4) is 0 Å². The number of carbonyl (C=O) groups excluding carboxylic acids is 1. The number of thioether (sulfide) groups is 1. The van der Waals surface area contributed by atoms with Crippen LogP contribution in [0.2, 0.25) is 0 Å². The Kier molecular flexibility index (Phi) is 6.21. The molecule has 1 aliphatic carbocycles. The topological polar surface area (TPSA) is 59.8 Å². The van der Waals surface area contributed by atoms with Crippen LogP contribution in [0.1, 0.15) is 63.5 Å². The number of rotatable bonds is 7. The van der Waals surface area contributed by atoms with Crippen molar-refractivity contribution in [2.75, 3.05) is 11.1 Å². The molecule has 0 unspecified atom stereocenters. The summed E-state index contributed by atoms with van der Waals surface area (Å²) in [6, 6.07) is 7.97. The summed E-state index contributed by atoms with van der Waals surface area (Å²) in [4.78, 5) is 17.5. The van der Waals surface area contributed by atoms with E-state index in [1.807, 2.05) is 16.8 Å². The molecule has 0 fully saturated rings. The van der Waals surface area contributed by atoms with E-state index in [0.717, 1.165) is 51.0 Å². The predicted molar refractivity (Wildman–Crippen MR) is 117 cm³/mol. The highest BCUT2D eigenvalue weighted by atomic mass is 79.9. The number of hydrogen-bond acceptors (Lipinski definition) is 5. The molecule has 1 atom stereocenters. The lowest BCUT2D eigenvalue weighted by Gasteiger charge is -2.32. The molecule has 5 nitrogen and oxygen atoms in total. The summed E-state index contributed by atoms with van der Waals surface area (Å²) in [6.45, 7) is 2.22. The molecule has 2 aromatic rings. The van der Waals surface area contributed by atoms with Gasteiger partial charge in [0.05, 0.1) is 0 Å². The molecule has 148 valence electrons. The zero-order chi connectivity index (χ0) is 19.5. The van der Waals surface area contributed by atoms with Gasteiger partial charge < -0.3 is 5.32 Å². The Balaban J connectivity index is 1.64. The molecule has 7 heteroatoms. The van der Waals surface area contributed by atoms with E-state index in [2.05, 4.69) is 40.3 Å². The first-order chi connectivity index (χ1) is 13.7. The number of nitrogens with zero attached hydrogens (tertiary/aromatic N) is 3. The Morgan fingerprint density at radius 2 is 2.04 bits per heavy atom. The van der Waals surface area contributed by atoms with Gasteiger partial charge in [0.25, 0.3) is 0 Å². The standard InChI is InChI=1S/C21H25BrN4OS/c1-2-3-4-5-13-28-21-24-20-23-16-7-6-8-17(27)18(16)19(26(20)25-21)14-9-11-15(22)12-10-14/h9-12,19H,2-8,13H2,1H3,(H,23,24,25)/t19-/m1/s1. The van der Waals surface area contributed by atoms with Gasteiger partial charge in [0, 0.05) is 27.9 Å². The van der Waals surface area contributed by atoms with Crippen LogP contribution in [0.5, 0.6) is 0 Å². The fourth-order valence-corrected chi connectivity index (χ4v) is 4.94. The quantitative estimate of drug-likeness (QED) is 0.421. The second kappa shape index (κ2) is 8.82. The van der Waals surface area contributed by atoms with Crippen LogP contribution in [0.15, 0.2) is 45.2 Å². The van der Waals surface area contributed by atoms with E-state index >= 15 is 0 Å². The summed E-state index contributed by atoms with van der Waals surface area (Å²) in [5.41, 5.74) is 2.94. The Hall–Kier alpha value is -1.60. The molecular weight excluding hydrogens is 436 g/mol. The van der Waals surface area contributed by atoms with Crippen molar-refractivity contribution in [3.63, 3.8) is 0 Å². The maximum atomic E-state index is 12.8. The molecule has 4 rings (SSSR count). The van der Waals surface area contributed by atoms with Crippen molar-refractivity contribution in [2.24, 2.45) is 0 Å². The third kappa shape index (κ3) is 4.06. The van der Waals surface area contributed by atoms with Crippen LogP contribution >= 0.6 is 27.7 Å². The maximum absolute atomic E-state index is 12.8. The first-order valence-corrected chi connectivity index (χ1v) is 11.8. The number of halogens is 1. The SMILES string of the molecule is CCCCCCSc1nc2n(n1)[C@H](c1ccc(Br)cc1)C1=C(CCCC1=O)N2. The molecule has 1 aromatic carbocycles. The molecule has 0 bridgehead atoms. The Morgan fingerprint density at radius 1 is 1.21 bits per heavy atom. The van der Waals surface area contributed by atoms with Gasteiger partial charge in [-0.1, -0.05) is 66.0 Å². The van der Waals surface area contributed by atoms with Crippen molar-refractivity contribution in [2.45, 2.75) is 63.1 Å². The average molecular weight is 461 g/mol. The number of hydrogen-bond donors (Lipinski definition) is 1. The van der Waals surface area contributed by atoms with Gasteiger partial charge in [-0.25, -0.2) is 4.68 Å². The summed E-state index contributed by atoms with van der Waals surface area (Å²) in [5.74, 6) is 1.99. The summed E-state index contributed by atoms with van der Waals surface area (Å²) in [7, 11) is 0. The van der Waals surface area contributed by atoms with Gasteiger partial charge in [0.2, 0.25) is 11.1 Å². The Labute approximate surface area is 178 Å². The van der Waals surface area contributed by atoms with Crippen LogP contribution in [0.25, 0.3) is 0 Å². The maximum Gasteiger partial charge on any atom is 0.227 e. The van der Waals surface area contributed by atoms with Crippen LogP contribution in [0.3, 0.4) is 0 Å². The number of Topliss-reactive ketones (excluding diaryl/α,β-unsaturated/α-hetero) is 1. The van der Waals surface area contributed by atoms with Crippen molar-refractivity contribution < 1.29 is 4.79 Å². The van der Waals surface area contributed by atoms with Crippen LogP contribution < -0.4 is 5.32 Å². The fourth-order valence-electron chi connectivity index (χ4n) is 3.84. The first-order valence-electron chi connectivity index (χ1n) is 10.1. The monoisotopic (exact) mass is 460 g/mol. The van der Waals surface area contributed by atoms with Gasteiger partial charge in [-0.15, -0.1) is 5.10 Å². The van der Waals surface area contributed by atoms with Gasteiger partial charge in [-0.2, -0.15) is 4.98 Å². The molecule has 2 aliphatic rings. The fraction of sp³-hybridized carbons (Fsp3) is 0.476. The molecule has 2 heterocycles. The number of unbranched alkanes of at least 4 members (excludes halogenated alkanes) is 3. The molecule has 28 heavy (non-hydrogen) atoms. The minimum Gasteiger partial charge on any atom is -0.328 e. The summed E-state index contributed by atoms with van der Waals surface area (Å²) in [5, 5.41) is 8.96. The molecule has 0 saturated heterocycles. The van der Waals surface area contributed by atoms with E-state index in [1.165, 1.54) is 25.7 Å². The number of allylic oxidation sites excluding steroid dienone is 2. The second-order valence-electron chi connectivity index (χ2n) is 7.32. The minimum atomic E-state index is -0.200. The lowest BCUT2D eigenvalue weighted by Crippen LogP contribution is -2.31. The van der Waals surface area contributed by atoms with E-state index in [9.17, 15) is 4.79 Å². The van der Waals surface area contributed by atoms with E-state index in [-0.39, 0.29) is 11.8 Å². The second-order valence-corrected chi connectivity index (χ2v) is 9.30. The van der Waals surface area contributed by atoms with Gasteiger partial charge in [0.1, 0.15) is 6.04 Å². The number of anilines is 1. The van der Waals surface area contributed by atoms with Gasteiger partial charge in [-0.05, 0) is 37.0 Å². The van der Waals surface area contributed by atoms with Crippen LogP contribution in [-0.4, -0.2) is 26.3 Å². The van der Waals surface area contributed by atoms with Crippen LogP contribution in [0.4, 0.5) is 5.95 Å². The minimum absolute atomic E-state index is 0.200. The number of carbonyl (C=O) groups is 1. The number of benzene rings is 1. The van der Waals surface area contributed by atoms with Crippen molar-refractivity contribution in [3.05, 3.63) is 45.6 Å². The van der Waals surface area contributed by atoms with Crippen molar-refractivity contribution in [1.82, 2.24) is 14.8 Å². The molecule has 0 amide bonds. The van der Waals surface area contributed by atoms with Crippen LogP contribution in [0, 0.1) is 0 Å². The zero-order valence-corrected chi connectivity index (χ0v) is 18.5. The van der Waals surface area contributed by atoms with E-state index in [4.69, 9.17) is 10.1 Å². The number of aromatic nitrogens is 3. The summed E-state index contributed by atoms with van der Waals surface area (Å²) >= 11 is 5.21. The van der Waals surface area contributed by atoms with E-state index in [1.54, 1.807) is 11.8 Å². The lowest BCUT2D eigenvalue weighted by molar-refractivity contribution is -0.116. The Bertz CT molecular complexity index is 890. The smallest absolute Gasteiger partial charge is 0.227 e. The highest BCUT2D eigenvalue weighted by Crippen LogP contribution is 2.40. The van der Waals surface area contributed by atoms with Gasteiger partial charge in [0.15, 0.2) is 5.78 Å².